The van der Waals surface area contributed by atoms with Gasteiger partial charge < -0.3 is 14.2 Å². The first-order valence-corrected chi connectivity index (χ1v) is 10.9. The molecule has 2 aliphatic heterocycles. The van der Waals surface area contributed by atoms with Gasteiger partial charge in [0.05, 0.1) is 5.75 Å². The number of likely N-dealkylation sites (tertiary alicyclic amines) is 1. The number of piperidine rings is 1. The highest BCUT2D eigenvalue weighted by Crippen LogP contribution is 2.22. The average Bonchev–Trinajstić information content (AvgIpc) is 3.18. The lowest BCUT2D eigenvalue weighted by molar-refractivity contribution is -0.130. The molecule has 0 unspecified atom stereocenters. The van der Waals surface area contributed by atoms with E-state index in [4.69, 9.17) is 4.42 Å². The van der Waals surface area contributed by atoms with Gasteiger partial charge >= 0.3 is 0 Å². The van der Waals surface area contributed by atoms with E-state index in [0.29, 0.717) is 22.9 Å². The Morgan fingerprint density at radius 1 is 1.14 bits per heavy atom. The molecule has 28 heavy (non-hydrogen) atoms. The summed E-state index contributed by atoms with van der Waals surface area (Å²) in [5.74, 6) is 1.05. The SMILES string of the molecule is Cc1nnc(SCC(=O)N2CCC[C@@H](N3CCN(c4ccccc4)CC3)C2)o1. The van der Waals surface area contributed by atoms with E-state index < -0.39 is 0 Å². The smallest absolute Gasteiger partial charge is 0.277 e. The summed E-state index contributed by atoms with van der Waals surface area (Å²) in [4.78, 5) is 19.7. The van der Waals surface area contributed by atoms with Gasteiger partial charge in [0, 0.05) is 57.9 Å². The van der Waals surface area contributed by atoms with Gasteiger partial charge in [-0.2, -0.15) is 0 Å². The first-order chi connectivity index (χ1) is 13.7. The third-order valence-electron chi connectivity index (χ3n) is 5.53. The summed E-state index contributed by atoms with van der Waals surface area (Å²) in [5.41, 5.74) is 1.30. The van der Waals surface area contributed by atoms with Crippen molar-refractivity contribution in [3.05, 3.63) is 36.2 Å². The molecule has 2 fully saturated rings. The molecule has 0 bridgehead atoms. The number of amides is 1. The number of para-hydroxylation sites is 1. The molecule has 0 radical (unpaired) electrons. The molecule has 0 aliphatic carbocycles. The maximum absolute atomic E-state index is 12.6. The van der Waals surface area contributed by atoms with Crippen molar-refractivity contribution in [2.75, 3.05) is 49.9 Å². The van der Waals surface area contributed by atoms with E-state index in [-0.39, 0.29) is 5.91 Å². The molecule has 8 heteroatoms. The Labute approximate surface area is 170 Å². The largest absolute Gasteiger partial charge is 0.416 e. The second kappa shape index (κ2) is 8.96. The molecule has 1 atom stereocenters. The van der Waals surface area contributed by atoms with Crippen molar-refractivity contribution in [3.63, 3.8) is 0 Å². The van der Waals surface area contributed by atoms with E-state index >= 15 is 0 Å². The van der Waals surface area contributed by atoms with Crippen molar-refractivity contribution in [2.24, 2.45) is 0 Å². The molecule has 7 nitrogen and oxygen atoms in total. The summed E-state index contributed by atoms with van der Waals surface area (Å²) < 4.78 is 5.34. The van der Waals surface area contributed by atoms with Gasteiger partial charge in [0.25, 0.3) is 5.22 Å². The highest BCUT2D eigenvalue weighted by molar-refractivity contribution is 7.99. The molecule has 0 saturated carbocycles. The Morgan fingerprint density at radius 3 is 2.64 bits per heavy atom. The van der Waals surface area contributed by atoms with Gasteiger partial charge in [0.1, 0.15) is 0 Å². The van der Waals surface area contributed by atoms with Crippen LogP contribution in [-0.4, -0.2) is 77.0 Å². The predicted molar refractivity (Wildman–Crippen MR) is 110 cm³/mol. The number of aryl methyl sites for hydroxylation is 1. The molecular weight excluding hydrogens is 374 g/mol. The quantitative estimate of drug-likeness (QED) is 0.712. The topological polar surface area (TPSA) is 65.7 Å². The minimum Gasteiger partial charge on any atom is -0.416 e. The zero-order chi connectivity index (χ0) is 19.3. The molecule has 3 heterocycles. The first-order valence-electron chi connectivity index (χ1n) is 9.94. The maximum Gasteiger partial charge on any atom is 0.277 e. The molecule has 2 aliphatic rings. The third-order valence-corrected chi connectivity index (χ3v) is 6.33. The molecule has 1 amide bonds. The predicted octanol–water partition coefficient (Wildman–Crippen LogP) is 2.28. The number of hydrogen-bond donors (Lipinski definition) is 0. The molecule has 1 aromatic heterocycles. The molecule has 2 saturated heterocycles. The van der Waals surface area contributed by atoms with E-state index in [1.165, 1.54) is 23.9 Å². The highest BCUT2D eigenvalue weighted by atomic mass is 32.2. The summed E-state index contributed by atoms with van der Waals surface area (Å²) in [6, 6.07) is 11.1. The van der Waals surface area contributed by atoms with E-state index in [0.717, 1.165) is 45.7 Å². The summed E-state index contributed by atoms with van der Waals surface area (Å²) in [5, 5.41) is 8.22. The van der Waals surface area contributed by atoms with Crippen molar-refractivity contribution in [2.45, 2.75) is 31.0 Å². The molecule has 2 aromatic rings. The van der Waals surface area contributed by atoms with Crippen LogP contribution in [0.5, 0.6) is 0 Å². The van der Waals surface area contributed by atoms with Gasteiger partial charge in [-0.05, 0) is 25.0 Å². The maximum atomic E-state index is 12.6. The van der Waals surface area contributed by atoms with Crippen molar-refractivity contribution < 1.29 is 9.21 Å². The summed E-state index contributed by atoms with van der Waals surface area (Å²) in [6.07, 6.45) is 2.24. The number of aromatic nitrogens is 2. The second-order valence-corrected chi connectivity index (χ2v) is 8.30. The second-order valence-electron chi connectivity index (χ2n) is 7.37. The van der Waals surface area contributed by atoms with Crippen LogP contribution >= 0.6 is 11.8 Å². The fourth-order valence-corrected chi connectivity index (χ4v) is 4.72. The number of hydrogen-bond acceptors (Lipinski definition) is 7. The Morgan fingerprint density at radius 2 is 1.93 bits per heavy atom. The van der Waals surface area contributed by atoms with E-state index in [2.05, 4.69) is 50.3 Å². The number of carbonyl (C=O) groups is 1. The zero-order valence-corrected chi connectivity index (χ0v) is 17.1. The van der Waals surface area contributed by atoms with Gasteiger partial charge in [-0.25, -0.2) is 0 Å². The minimum absolute atomic E-state index is 0.161. The van der Waals surface area contributed by atoms with Crippen LogP contribution in [0, 0.1) is 6.92 Å². The van der Waals surface area contributed by atoms with Crippen LogP contribution in [-0.2, 0) is 4.79 Å². The van der Waals surface area contributed by atoms with Crippen molar-refractivity contribution in [1.29, 1.82) is 0 Å². The zero-order valence-electron chi connectivity index (χ0n) is 16.3. The number of benzene rings is 1. The normalized spacial score (nSPS) is 21.1. The fourth-order valence-electron chi connectivity index (χ4n) is 4.01. The van der Waals surface area contributed by atoms with E-state index in [9.17, 15) is 4.79 Å². The van der Waals surface area contributed by atoms with Crippen LogP contribution in [0.1, 0.15) is 18.7 Å². The highest BCUT2D eigenvalue weighted by Gasteiger charge is 2.30. The molecular formula is C20H27N5O2S. The van der Waals surface area contributed by atoms with Gasteiger partial charge in [0.15, 0.2) is 0 Å². The lowest BCUT2D eigenvalue weighted by Gasteiger charge is -2.44. The number of carbonyl (C=O) groups excluding carboxylic acids is 1. The summed E-state index contributed by atoms with van der Waals surface area (Å²) >= 11 is 1.33. The Kier molecular flexibility index (Phi) is 6.17. The summed E-state index contributed by atoms with van der Waals surface area (Å²) in [6.45, 7) is 7.62. The van der Waals surface area contributed by atoms with Crippen LogP contribution in [0.25, 0.3) is 0 Å². The fraction of sp³-hybridized carbons (Fsp3) is 0.550. The lowest BCUT2D eigenvalue weighted by Crippen LogP contribution is -2.56. The Bertz CT molecular complexity index is 776. The number of piperazine rings is 1. The van der Waals surface area contributed by atoms with Crippen LogP contribution in [0.4, 0.5) is 5.69 Å². The van der Waals surface area contributed by atoms with Crippen molar-refractivity contribution in [3.8, 4) is 0 Å². The van der Waals surface area contributed by atoms with Crippen LogP contribution < -0.4 is 4.90 Å². The van der Waals surface area contributed by atoms with Crippen molar-refractivity contribution >= 4 is 23.4 Å². The van der Waals surface area contributed by atoms with Gasteiger partial charge in [-0.3, -0.25) is 9.69 Å². The standard InChI is InChI=1S/C20H27N5O2S/c1-16-21-22-20(27-16)28-15-19(26)25-9-5-8-18(14-25)24-12-10-23(11-13-24)17-6-3-2-4-7-17/h2-4,6-7,18H,5,8-15H2,1H3/t18-/m1/s1. The van der Waals surface area contributed by atoms with E-state index in [1.54, 1.807) is 6.92 Å². The monoisotopic (exact) mass is 401 g/mol. The Hall–Kier alpha value is -2.06. The molecule has 0 spiro atoms. The minimum atomic E-state index is 0.161. The van der Waals surface area contributed by atoms with Gasteiger partial charge in [-0.15, -0.1) is 10.2 Å². The molecule has 150 valence electrons. The van der Waals surface area contributed by atoms with Crippen LogP contribution in [0.3, 0.4) is 0 Å². The van der Waals surface area contributed by atoms with Crippen molar-refractivity contribution in [1.82, 2.24) is 20.0 Å². The lowest BCUT2D eigenvalue weighted by atomic mass is 10.0. The number of rotatable bonds is 5. The van der Waals surface area contributed by atoms with Gasteiger partial charge in [-0.1, -0.05) is 30.0 Å². The first kappa shape index (κ1) is 19.3. The molecule has 0 N–H and O–H groups in total. The average molecular weight is 402 g/mol. The number of anilines is 1. The number of thioether (sulfide) groups is 1. The van der Waals surface area contributed by atoms with Crippen LogP contribution in [0.15, 0.2) is 40.0 Å². The van der Waals surface area contributed by atoms with Gasteiger partial charge in [0.2, 0.25) is 11.8 Å². The number of nitrogens with zero attached hydrogens (tertiary/aromatic N) is 5. The van der Waals surface area contributed by atoms with Crippen LogP contribution in [0.2, 0.25) is 0 Å². The molecule has 4 rings (SSSR count). The van der Waals surface area contributed by atoms with E-state index in [1.807, 2.05) is 4.90 Å². The molecule has 1 aromatic carbocycles. The third kappa shape index (κ3) is 4.67. The Balaban J connectivity index is 1.26. The summed E-state index contributed by atoms with van der Waals surface area (Å²) in [7, 11) is 0.